The molecule has 6 rings (SSSR count). The van der Waals surface area contributed by atoms with Gasteiger partial charge in [0.15, 0.2) is 11.7 Å². The Morgan fingerprint density at radius 2 is 1.29 bits per heavy atom. The number of hydrogen-bond acceptors (Lipinski definition) is 19. The van der Waals surface area contributed by atoms with Crippen LogP contribution in [0.3, 0.4) is 0 Å². The minimum Gasteiger partial charge on any atom is -0.508 e. The lowest BCUT2D eigenvalue weighted by atomic mass is 9.89. The lowest BCUT2D eigenvalue weighted by molar-refractivity contribution is -0.338. The second kappa shape index (κ2) is 15.1. The van der Waals surface area contributed by atoms with Crippen LogP contribution in [0.1, 0.15) is 18.6 Å². The number of benzene rings is 2. The van der Waals surface area contributed by atoms with Crippen LogP contribution in [0.25, 0.3) is 22.3 Å². The summed E-state index contributed by atoms with van der Waals surface area (Å²) < 4.78 is 34.7. The second-order valence-corrected chi connectivity index (χ2v) is 12.9. The predicted molar refractivity (Wildman–Crippen MR) is 170 cm³/mol. The first-order valence-electron chi connectivity index (χ1n) is 16.2. The summed E-state index contributed by atoms with van der Waals surface area (Å²) in [6.45, 7) is -0.384. The number of fused-ring (bicyclic) bond motifs is 1. The Morgan fingerprint density at radius 1 is 0.692 bits per heavy atom. The fourth-order valence-corrected chi connectivity index (χ4v) is 6.48. The maximum absolute atomic E-state index is 13.6. The Bertz CT molecular complexity index is 1760. The molecule has 3 aliphatic rings. The Hall–Kier alpha value is -3.51. The van der Waals surface area contributed by atoms with Crippen LogP contribution in [0.5, 0.6) is 17.2 Å². The molecule has 4 heterocycles. The molecular weight excluding hydrogens is 700 g/mol. The van der Waals surface area contributed by atoms with Gasteiger partial charge in [-0.25, -0.2) is 0 Å². The molecule has 0 aliphatic carbocycles. The highest BCUT2D eigenvalue weighted by molar-refractivity contribution is 5.88. The first-order chi connectivity index (χ1) is 24.7. The first kappa shape index (κ1) is 38.2. The van der Waals surface area contributed by atoms with Gasteiger partial charge in [0.05, 0.1) is 24.9 Å². The fraction of sp³-hybridized carbons (Fsp3) is 0.545. The van der Waals surface area contributed by atoms with Crippen molar-refractivity contribution in [3.05, 3.63) is 52.2 Å². The van der Waals surface area contributed by atoms with E-state index in [2.05, 4.69) is 0 Å². The van der Waals surface area contributed by atoms with Crippen LogP contribution >= 0.6 is 0 Å². The van der Waals surface area contributed by atoms with Crippen molar-refractivity contribution in [3.63, 3.8) is 0 Å². The number of ether oxygens (including phenoxy) is 5. The predicted octanol–water partition coefficient (Wildman–Crippen LogP) is -3.58. The summed E-state index contributed by atoms with van der Waals surface area (Å²) in [5, 5.41) is 126. The van der Waals surface area contributed by atoms with Gasteiger partial charge < -0.3 is 89.4 Å². The molecule has 286 valence electrons. The van der Waals surface area contributed by atoms with E-state index in [0.717, 1.165) is 12.1 Å². The average Bonchev–Trinajstić information content (AvgIpc) is 3.12. The first-order valence-corrected chi connectivity index (χ1v) is 16.2. The highest BCUT2D eigenvalue weighted by Crippen LogP contribution is 2.47. The topological polar surface area (TPSA) is 319 Å². The fourth-order valence-electron chi connectivity index (χ4n) is 6.48. The number of hydrogen-bond donors (Lipinski definition) is 12. The third kappa shape index (κ3) is 6.85. The number of aliphatic hydroxyl groups is 10. The van der Waals surface area contributed by atoms with Crippen LogP contribution in [0.4, 0.5) is 0 Å². The standard InChI is InChI=1S/C33H40O19/c1-10-21(38)25(42)28(45)32(47-10)52-31-27(44)23(40)17(8-34)49-30(31)20-16(50-33-29(46)26(43)22(39)18(9-35)51-33)7-15-19(24(20)41)13(37)6-14(48-15)11-2-4-12(36)5-3-11/h2-7,10,17-18,21-23,25-36,38-46H,8-9H2,1H3. The number of phenols is 2. The molecule has 15 atom stereocenters. The molecule has 0 bridgehead atoms. The lowest BCUT2D eigenvalue weighted by Gasteiger charge is -2.46. The summed E-state index contributed by atoms with van der Waals surface area (Å²) in [7, 11) is 0. The molecule has 12 N–H and O–H groups in total. The Labute approximate surface area is 293 Å². The number of aliphatic hydroxyl groups excluding tert-OH is 10. The second-order valence-electron chi connectivity index (χ2n) is 12.9. The minimum absolute atomic E-state index is 0.0317. The van der Waals surface area contributed by atoms with Crippen molar-refractivity contribution in [3.8, 4) is 28.6 Å². The van der Waals surface area contributed by atoms with Gasteiger partial charge in [-0.1, -0.05) is 0 Å². The molecule has 3 saturated heterocycles. The average molecular weight is 741 g/mol. The minimum atomic E-state index is -2.01. The molecule has 3 aromatic rings. The molecule has 15 unspecified atom stereocenters. The van der Waals surface area contributed by atoms with E-state index >= 15 is 0 Å². The van der Waals surface area contributed by atoms with Crippen LogP contribution in [0.15, 0.2) is 45.6 Å². The maximum atomic E-state index is 13.6. The van der Waals surface area contributed by atoms with E-state index < -0.39 is 133 Å². The third-order valence-corrected chi connectivity index (χ3v) is 9.49. The Morgan fingerprint density at radius 3 is 1.94 bits per heavy atom. The Kier molecular flexibility index (Phi) is 11.1. The molecule has 0 saturated carbocycles. The van der Waals surface area contributed by atoms with E-state index in [1.165, 1.54) is 31.2 Å². The van der Waals surface area contributed by atoms with Crippen LogP contribution in [0.2, 0.25) is 0 Å². The van der Waals surface area contributed by atoms with Crippen molar-refractivity contribution in [2.75, 3.05) is 13.2 Å². The van der Waals surface area contributed by atoms with Gasteiger partial charge in [-0.2, -0.15) is 0 Å². The molecular formula is C33H40O19. The molecule has 3 fully saturated rings. The van der Waals surface area contributed by atoms with Crippen molar-refractivity contribution in [2.45, 2.75) is 98.9 Å². The van der Waals surface area contributed by atoms with Gasteiger partial charge in [0.2, 0.25) is 6.29 Å². The van der Waals surface area contributed by atoms with Crippen molar-refractivity contribution in [2.24, 2.45) is 0 Å². The van der Waals surface area contributed by atoms with Crippen LogP contribution < -0.4 is 10.2 Å². The van der Waals surface area contributed by atoms with Crippen molar-refractivity contribution in [1.29, 1.82) is 0 Å². The zero-order valence-electron chi connectivity index (χ0n) is 27.3. The summed E-state index contributed by atoms with van der Waals surface area (Å²) in [5.74, 6) is -1.56. The highest BCUT2D eigenvalue weighted by Gasteiger charge is 2.52. The summed E-state index contributed by atoms with van der Waals surface area (Å²) in [6, 6.07) is 7.63. The van der Waals surface area contributed by atoms with Gasteiger partial charge in [0.25, 0.3) is 0 Å². The van der Waals surface area contributed by atoms with Crippen LogP contribution in [0, 0.1) is 0 Å². The zero-order chi connectivity index (χ0) is 37.8. The third-order valence-electron chi connectivity index (χ3n) is 9.49. The zero-order valence-corrected chi connectivity index (χ0v) is 27.3. The molecule has 52 heavy (non-hydrogen) atoms. The van der Waals surface area contributed by atoms with Gasteiger partial charge >= 0.3 is 0 Å². The summed E-state index contributed by atoms with van der Waals surface area (Å²) in [6.07, 6.45) is -26.4. The molecule has 0 amide bonds. The largest absolute Gasteiger partial charge is 0.508 e. The van der Waals surface area contributed by atoms with Gasteiger partial charge in [0, 0.05) is 17.7 Å². The molecule has 19 heteroatoms. The molecule has 2 aromatic carbocycles. The van der Waals surface area contributed by atoms with E-state index in [-0.39, 0.29) is 17.1 Å². The SMILES string of the molecule is CC1OC(OC2C(c3c(OC4OC(CO)C(O)C(O)C4O)cc4oc(-c5ccc(O)cc5)cc(=O)c4c3O)OC(CO)C(O)C2O)C(O)C(O)C1O. The molecule has 0 radical (unpaired) electrons. The van der Waals surface area contributed by atoms with Gasteiger partial charge in [0.1, 0.15) is 107 Å². The summed E-state index contributed by atoms with van der Waals surface area (Å²) in [5.41, 5.74) is -1.37. The van der Waals surface area contributed by atoms with E-state index in [1.807, 2.05) is 0 Å². The Balaban J connectivity index is 1.52. The van der Waals surface area contributed by atoms with E-state index in [4.69, 9.17) is 28.1 Å². The monoisotopic (exact) mass is 740 g/mol. The molecule has 1 aromatic heterocycles. The molecule has 3 aliphatic heterocycles. The van der Waals surface area contributed by atoms with Gasteiger partial charge in [-0.3, -0.25) is 4.79 Å². The summed E-state index contributed by atoms with van der Waals surface area (Å²) in [4.78, 5) is 13.6. The maximum Gasteiger partial charge on any atom is 0.229 e. The van der Waals surface area contributed by atoms with E-state index in [0.29, 0.717) is 5.56 Å². The van der Waals surface area contributed by atoms with Crippen molar-refractivity contribution >= 4 is 11.0 Å². The van der Waals surface area contributed by atoms with Crippen molar-refractivity contribution < 1.29 is 89.4 Å². The normalized spacial score (nSPS) is 38.3. The number of aromatic hydroxyl groups is 2. The summed E-state index contributed by atoms with van der Waals surface area (Å²) >= 11 is 0. The molecule has 19 nitrogen and oxygen atoms in total. The van der Waals surface area contributed by atoms with Crippen LogP contribution in [-0.2, 0) is 18.9 Å². The number of rotatable bonds is 8. The van der Waals surface area contributed by atoms with E-state index in [9.17, 15) is 66.1 Å². The quantitative estimate of drug-likeness (QED) is 0.106. The highest BCUT2D eigenvalue weighted by atomic mass is 16.7. The van der Waals surface area contributed by atoms with Crippen molar-refractivity contribution in [1.82, 2.24) is 0 Å². The molecule has 0 spiro atoms. The van der Waals surface area contributed by atoms with Gasteiger partial charge in [-0.05, 0) is 31.2 Å². The van der Waals surface area contributed by atoms with E-state index in [1.54, 1.807) is 0 Å². The smallest absolute Gasteiger partial charge is 0.229 e. The lowest BCUT2D eigenvalue weighted by Crippen LogP contribution is -2.62. The van der Waals surface area contributed by atoms with Gasteiger partial charge in [-0.15, -0.1) is 0 Å². The number of phenolic OH excluding ortho intramolecular Hbond substituents is 2. The van der Waals surface area contributed by atoms with Crippen LogP contribution in [-0.4, -0.2) is 160 Å².